The summed E-state index contributed by atoms with van der Waals surface area (Å²) in [4.78, 5) is 15.1. The summed E-state index contributed by atoms with van der Waals surface area (Å²) < 4.78 is 29.9. The van der Waals surface area contributed by atoms with E-state index < -0.39 is 27.4 Å². The molecule has 2 heterocycles. The van der Waals surface area contributed by atoms with E-state index in [0.29, 0.717) is 10.7 Å². The number of carboxylic acids is 1. The van der Waals surface area contributed by atoms with Crippen LogP contribution in [-0.4, -0.2) is 30.5 Å². The van der Waals surface area contributed by atoms with Gasteiger partial charge in [0.05, 0.1) is 0 Å². The molecule has 2 unspecified atom stereocenters. The second-order valence-corrected chi connectivity index (χ2v) is 7.44. The number of anilines is 1. The SMILES string of the molecule is O=C(O)C1Nc2ccc(Cl)cc2C1S(=O)(=O)Oc1nccs1. The minimum atomic E-state index is -4.26. The number of rotatable bonds is 4. The standard InChI is InChI=1S/C12H9ClN2O5S2/c13-6-1-2-8-7(5-6)10(9(15-8)11(16)17)22(18,19)20-12-14-3-4-21-12/h1-5,9-10,15H,(H,16,17). The Balaban J connectivity index is 2.06. The van der Waals surface area contributed by atoms with Crippen LogP contribution in [0.1, 0.15) is 10.8 Å². The summed E-state index contributed by atoms with van der Waals surface area (Å²) in [5.41, 5.74) is 0.657. The van der Waals surface area contributed by atoms with Gasteiger partial charge in [-0.2, -0.15) is 8.42 Å². The molecule has 22 heavy (non-hydrogen) atoms. The van der Waals surface area contributed by atoms with E-state index in [1.54, 1.807) is 11.4 Å². The van der Waals surface area contributed by atoms with Gasteiger partial charge in [-0.1, -0.05) is 22.9 Å². The van der Waals surface area contributed by atoms with E-state index in [1.807, 2.05) is 0 Å². The highest BCUT2D eigenvalue weighted by Crippen LogP contribution is 2.42. The summed E-state index contributed by atoms with van der Waals surface area (Å²) in [6.45, 7) is 0. The Labute approximate surface area is 134 Å². The molecule has 0 fully saturated rings. The molecule has 116 valence electrons. The zero-order valence-electron chi connectivity index (χ0n) is 10.8. The molecule has 0 saturated heterocycles. The number of carboxylic acid groups (broad SMARTS) is 1. The minimum Gasteiger partial charge on any atom is -0.480 e. The van der Waals surface area contributed by atoms with Crippen molar-refractivity contribution in [2.24, 2.45) is 0 Å². The van der Waals surface area contributed by atoms with Crippen LogP contribution in [0.3, 0.4) is 0 Å². The highest BCUT2D eigenvalue weighted by Gasteiger charge is 2.47. The average Bonchev–Trinajstić information content (AvgIpc) is 3.04. The Morgan fingerprint density at radius 1 is 1.45 bits per heavy atom. The van der Waals surface area contributed by atoms with Crippen molar-refractivity contribution in [1.82, 2.24) is 4.98 Å². The highest BCUT2D eigenvalue weighted by atomic mass is 35.5. The first-order chi connectivity index (χ1) is 10.4. The Kier molecular flexibility index (Phi) is 3.71. The number of thiazole rings is 1. The lowest BCUT2D eigenvalue weighted by Crippen LogP contribution is -2.36. The van der Waals surface area contributed by atoms with E-state index in [0.717, 1.165) is 11.3 Å². The lowest BCUT2D eigenvalue weighted by molar-refractivity contribution is -0.137. The van der Waals surface area contributed by atoms with Crippen LogP contribution in [0, 0.1) is 0 Å². The maximum atomic E-state index is 12.5. The average molecular weight is 361 g/mol. The molecule has 0 amide bonds. The quantitative estimate of drug-likeness (QED) is 0.804. The molecule has 2 atom stereocenters. The second kappa shape index (κ2) is 5.41. The summed E-state index contributed by atoms with van der Waals surface area (Å²) in [6.07, 6.45) is 1.39. The fourth-order valence-electron chi connectivity index (χ4n) is 2.24. The molecule has 1 aromatic carbocycles. The van der Waals surface area contributed by atoms with Gasteiger partial charge in [0.25, 0.3) is 5.19 Å². The molecule has 10 heteroatoms. The fourth-order valence-corrected chi connectivity index (χ4v) is 4.59. The molecule has 0 spiro atoms. The summed E-state index contributed by atoms with van der Waals surface area (Å²) in [5, 5.41) is 12.3. The van der Waals surface area contributed by atoms with Crippen molar-refractivity contribution in [3.63, 3.8) is 0 Å². The number of nitrogens with zero attached hydrogens (tertiary/aromatic N) is 1. The third-order valence-electron chi connectivity index (χ3n) is 3.11. The molecule has 2 aromatic rings. The fraction of sp³-hybridized carbons (Fsp3) is 0.167. The minimum absolute atomic E-state index is 0.0698. The predicted molar refractivity (Wildman–Crippen MR) is 80.9 cm³/mol. The van der Waals surface area contributed by atoms with Crippen LogP contribution in [0.15, 0.2) is 29.8 Å². The zero-order valence-corrected chi connectivity index (χ0v) is 13.2. The van der Waals surface area contributed by atoms with Crippen molar-refractivity contribution in [3.05, 3.63) is 40.4 Å². The van der Waals surface area contributed by atoms with Crippen LogP contribution in [0.2, 0.25) is 5.02 Å². The molecular weight excluding hydrogens is 352 g/mol. The van der Waals surface area contributed by atoms with Gasteiger partial charge in [0.1, 0.15) is 6.04 Å². The molecule has 1 aliphatic rings. The third kappa shape index (κ3) is 2.62. The molecule has 0 aliphatic carbocycles. The van der Waals surface area contributed by atoms with Gasteiger partial charge in [0.2, 0.25) is 0 Å². The third-order valence-corrected chi connectivity index (χ3v) is 5.64. The first-order valence-electron chi connectivity index (χ1n) is 6.00. The van der Waals surface area contributed by atoms with E-state index in [4.69, 9.17) is 15.8 Å². The van der Waals surface area contributed by atoms with E-state index >= 15 is 0 Å². The number of carbonyl (C=O) groups is 1. The van der Waals surface area contributed by atoms with Crippen molar-refractivity contribution in [2.45, 2.75) is 11.3 Å². The highest BCUT2D eigenvalue weighted by molar-refractivity contribution is 7.87. The van der Waals surface area contributed by atoms with Crippen molar-refractivity contribution in [3.8, 4) is 5.19 Å². The smallest absolute Gasteiger partial charge is 0.327 e. The number of benzene rings is 1. The van der Waals surface area contributed by atoms with Gasteiger partial charge < -0.3 is 14.6 Å². The number of aromatic nitrogens is 1. The van der Waals surface area contributed by atoms with Crippen LogP contribution >= 0.6 is 22.9 Å². The number of halogens is 1. The van der Waals surface area contributed by atoms with Crippen molar-refractivity contribution in [2.75, 3.05) is 5.32 Å². The van der Waals surface area contributed by atoms with E-state index in [-0.39, 0.29) is 10.8 Å². The zero-order chi connectivity index (χ0) is 15.9. The van der Waals surface area contributed by atoms with E-state index in [2.05, 4.69) is 10.3 Å². The van der Waals surface area contributed by atoms with Crippen LogP contribution in [-0.2, 0) is 14.9 Å². The lowest BCUT2D eigenvalue weighted by Gasteiger charge is -2.16. The van der Waals surface area contributed by atoms with Gasteiger partial charge in [-0.05, 0) is 18.2 Å². The van der Waals surface area contributed by atoms with Gasteiger partial charge in [0, 0.05) is 27.9 Å². The van der Waals surface area contributed by atoms with Crippen molar-refractivity contribution >= 4 is 44.7 Å². The van der Waals surface area contributed by atoms with Crippen LogP contribution in [0.5, 0.6) is 5.19 Å². The van der Waals surface area contributed by atoms with Gasteiger partial charge in [-0.25, -0.2) is 9.78 Å². The van der Waals surface area contributed by atoms with Crippen LogP contribution < -0.4 is 9.50 Å². The number of nitrogens with one attached hydrogen (secondary N) is 1. The molecule has 0 radical (unpaired) electrons. The molecule has 3 rings (SSSR count). The summed E-state index contributed by atoms with van der Waals surface area (Å²) in [7, 11) is -4.26. The first-order valence-corrected chi connectivity index (χ1v) is 8.73. The van der Waals surface area contributed by atoms with Crippen molar-refractivity contribution < 1.29 is 22.5 Å². The summed E-state index contributed by atoms with van der Waals surface area (Å²) in [5.74, 6) is -1.30. The maximum Gasteiger partial charge on any atom is 0.327 e. The first kappa shape index (κ1) is 15.1. The second-order valence-electron chi connectivity index (χ2n) is 4.49. The monoisotopic (exact) mass is 360 g/mol. The van der Waals surface area contributed by atoms with Gasteiger partial charge in [-0.3, -0.25) is 0 Å². The molecular formula is C12H9ClN2O5S2. The van der Waals surface area contributed by atoms with E-state index in [9.17, 15) is 18.3 Å². The molecule has 7 nitrogen and oxygen atoms in total. The predicted octanol–water partition coefficient (Wildman–Crippen LogP) is 2.13. The largest absolute Gasteiger partial charge is 0.480 e. The Bertz CT molecular complexity index is 822. The maximum absolute atomic E-state index is 12.5. The molecule has 0 bridgehead atoms. The van der Waals surface area contributed by atoms with Crippen molar-refractivity contribution in [1.29, 1.82) is 0 Å². The Morgan fingerprint density at radius 3 is 2.86 bits per heavy atom. The number of hydrogen-bond acceptors (Lipinski definition) is 7. The van der Waals surface area contributed by atoms with Gasteiger partial charge in [-0.15, -0.1) is 0 Å². The Morgan fingerprint density at radius 2 is 2.23 bits per heavy atom. The van der Waals surface area contributed by atoms with Gasteiger partial charge >= 0.3 is 16.1 Å². The number of fused-ring (bicyclic) bond motifs is 1. The van der Waals surface area contributed by atoms with E-state index in [1.165, 1.54) is 18.3 Å². The Hall–Kier alpha value is -1.84. The number of aliphatic carboxylic acids is 1. The summed E-state index contributed by atoms with van der Waals surface area (Å²) in [6, 6.07) is 3.13. The normalized spacial score (nSPS) is 20.2. The topological polar surface area (TPSA) is 106 Å². The lowest BCUT2D eigenvalue weighted by atomic mass is 10.1. The van der Waals surface area contributed by atoms with Crippen LogP contribution in [0.25, 0.3) is 0 Å². The summed E-state index contributed by atoms with van der Waals surface area (Å²) >= 11 is 6.88. The number of hydrogen-bond donors (Lipinski definition) is 2. The molecule has 0 saturated carbocycles. The van der Waals surface area contributed by atoms with Gasteiger partial charge in [0.15, 0.2) is 5.25 Å². The molecule has 1 aliphatic heterocycles. The molecule has 2 N–H and O–H groups in total. The van der Waals surface area contributed by atoms with Crippen LogP contribution in [0.4, 0.5) is 5.69 Å². The molecule has 1 aromatic heterocycles.